The molecule has 7 heteroatoms. The van der Waals surface area contributed by atoms with Crippen molar-refractivity contribution in [2.45, 2.75) is 9.92 Å². The average molecular weight is 302 g/mol. The summed E-state index contributed by atoms with van der Waals surface area (Å²) in [6, 6.07) is 5.32. The second-order valence-electron chi connectivity index (χ2n) is 3.28. The number of rotatable bonds is 3. The van der Waals surface area contributed by atoms with Crippen molar-refractivity contribution >= 4 is 40.7 Å². The molecule has 18 heavy (non-hydrogen) atoms. The summed E-state index contributed by atoms with van der Waals surface area (Å²) in [6.07, 6.45) is 1.40. The summed E-state index contributed by atoms with van der Waals surface area (Å²) in [5.74, 6) is 0.354. The van der Waals surface area contributed by atoms with Crippen LogP contribution in [-0.4, -0.2) is 17.1 Å². The molecule has 0 saturated carbocycles. The molecule has 0 radical (unpaired) electrons. The van der Waals surface area contributed by atoms with Crippen LogP contribution in [0.15, 0.2) is 34.4 Å². The normalized spacial score (nSPS) is 10.4. The van der Waals surface area contributed by atoms with Gasteiger partial charge < -0.3 is 10.5 Å². The molecular formula is C11H9Cl2N3OS. The minimum absolute atomic E-state index is 0.354. The molecular weight excluding hydrogens is 293 g/mol. The van der Waals surface area contributed by atoms with Crippen molar-refractivity contribution in [2.24, 2.45) is 0 Å². The first-order valence-electron chi connectivity index (χ1n) is 4.89. The van der Waals surface area contributed by atoms with Gasteiger partial charge in [-0.05, 0) is 18.2 Å². The lowest BCUT2D eigenvalue weighted by Crippen LogP contribution is -1.99. The van der Waals surface area contributed by atoms with E-state index in [1.165, 1.54) is 25.2 Å². The van der Waals surface area contributed by atoms with Gasteiger partial charge in [-0.25, -0.2) is 4.98 Å². The maximum atomic E-state index is 5.94. The highest BCUT2D eigenvalue weighted by molar-refractivity contribution is 7.99. The number of hydrogen-bond acceptors (Lipinski definition) is 5. The Labute approximate surface area is 118 Å². The third kappa shape index (κ3) is 2.80. The highest BCUT2D eigenvalue weighted by Crippen LogP contribution is 2.36. The number of nitrogens with two attached hydrogens (primary N) is 1. The van der Waals surface area contributed by atoms with E-state index in [0.29, 0.717) is 26.6 Å². The molecule has 0 amide bonds. The van der Waals surface area contributed by atoms with Gasteiger partial charge in [0.2, 0.25) is 5.88 Å². The number of hydrogen-bond donors (Lipinski definition) is 1. The maximum Gasteiger partial charge on any atom is 0.241 e. The first-order chi connectivity index (χ1) is 8.61. The fourth-order valence-corrected chi connectivity index (χ4v) is 2.46. The summed E-state index contributed by atoms with van der Waals surface area (Å²) in [5.41, 5.74) is 6.28. The molecule has 1 aromatic carbocycles. The van der Waals surface area contributed by atoms with E-state index in [4.69, 9.17) is 33.7 Å². The zero-order valence-corrected chi connectivity index (χ0v) is 11.7. The van der Waals surface area contributed by atoms with Crippen molar-refractivity contribution in [3.63, 3.8) is 0 Å². The molecule has 0 spiro atoms. The molecule has 1 aromatic heterocycles. The second-order valence-corrected chi connectivity index (χ2v) is 5.16. The maximum absolute atomic E-state index is 5.94. The van der Waals surface area contributed by atoms with Gasteiger partial charge in [0.1, 0.15) is 17.0 Å². The largest absolute Gasteiger partial charge is 0.479 e. The van der Waals surface area contributed by atoms with Crippen LogP contribution >= 0.6 is 35.0 Å². The van der Waals surface area contributed by atoms with Gasteiger partial charge in [0.15, 0.2) is 0 Å². The van der Waals surface area contributed by atoms with Crippen molar-refractivity contribution in [3.05, 3.63) is 34.6 Å². The van der Waals surface area contributed by atoms with Gasteiger partial charge in [0, 0.05) is 4.90 Å². The van der Waals surface area contributed by atoms with Gasteiger partial charge in [0.25, 0.3) is 0 Å². The Hall–Kier alpha value is -1.17. The number of nitrogen functional groups attached to an aromatic ring is 1. The van der Waals surface area contributed by atoms with E-state index in [1.54, 1.807) is 12.1 Å². The first kappa shape index (κ1) is 13.3. The van der Waals surface area contributed by atoms with E-state index >= 15 is 0 Å². The molecule has 0 aliphatic carbocycles. The number of ether oxygens (including phenoxy) is 1. The standard InChI is InChI=1S/C11H9Cl2N3OS/c1-17-10-9(14)11(16-5-15-10)18-6-2-3-7(12)8(13)4-6/h2-5H,14H2,1H3. The summed E-state index contributed by atoms with van der Waals surface area (Å²) in [6.45, 7) is 0. The van der Waals surface area contributed by atoms with E-state index in [1.807, 2.05) is 6.07 Å². The number of halogens is 2. The van der Waals surface area contributed by atoms with Crippen LogP contribution in [-0.2, 0) is 0 Å². The molecule has 4 nitrogen and oxygen atoms in total. The predicted molar refractivity (Wildman–Crippen MR) is 73.6 cm³/mol. The molecule has 1 heterocycles. The van der Waals surface area contributed by atoms with Crippen molar-refractivity contribution in [3.8, 4) is 5.88 Å². The number of aromatic nitrogens is 2. The van der Waals surface area contributed by atoms with E-state index in [2.05, 4.69) is 9.97 Å². The molecule has 0 saturated heterocycles. The molecule has 0 fully saturated rings. The summed E-state index contributed by atoms with van der Waals surface area (Å²) in [5, 5.41) is 1.61. The average Bonchev–Trinajstić information content (AvgIpc) is 2.36. The van der Waals surface area contributed by atoms with Crippen molar-refractivity contribution in [1.82, 2.24) is 9.97 Å². The monoisotopic (exact) mass is 301 g/mol. The van der Waals surface area contributed by atoms with E-state index in [-0.39, 0.29) is 0 Å². The minimum Gasteiger partial charge on any atom is -0.479 e. The SMILES string of the molecule is COc1ncnc(Sc2ccc(Cl)c(Cl)c2)c1N. The van der Waals surface area contributed by atoms with Gasteiger partial charge in [-0.15, -0.1) is 0 Å². The molecule has 2 rings (SSSR count). The van der Waals surface area contributed by atoms with E-state index in [0.717, 1.165) is 4.90 Å². The Balaban J connectivity index is 2.31. The predicted octanol–water partition coefficient (Wildman–Crippen LogP) is 3.53. The quantitative estimate of drug-likeness (QED) is 0.879. The summed E-state index contributed by atoms with van der Waals surface area (Å²) in [4.78, 5) is 8.90. The molecule has 2 N–H and O–H groups in total. The Morgan fingerprint density at radius 2 is 2.00 bits per heavy atom. The van der Waals surface area contributed by atoms with Crippen molar-refractivity contribution in [2.75, 3.05) is 12.8 Å². The van der Waals surface area contributed by atoms with Crippen LogP contribution in [0, 0.1) is 0 Å². The number of benzene rings is 1. The van der Waals surface area contributed by atoms with Gasteiger partial charge in [-0.1, -0.05) is 35.0 Å². The number of anilines is 1. The topological polar surface area (TPSA) is 61.0 Å². The van der Waals surface area contributed by atoms with E-state index in [9.17, 15) is 0 Å². The van der Waals surface area contributed by atoms with Crippen LogP contribution in [0.2, 0.25) is 10.0 Å². The molecule has 0 aliphatic heterocycles. The number of nitrogens with zero attached hydrogens (tertiary/aromatic N) is 2. The Bertz CT molecular complexity index is 580. The third-order valence-corrected chi connectivity index (χ3v) is 3.86. The van der Waals surface area contributed by atoms with Gasteiger partial charge in [-0.3, -0.25) is 0 Å². The molecule has 94 valence electrons. The highest BCUT2D eigenvalue weighted by Gasteiger charge is 2.10. The van der Waals surface area contributed by atoms with Crippen LogP contribution in [0.4, 0.5) is 5.69 Å². The van der Waals surface area contributed by atoms with Crippen LogP contribution in [0.5, 0.6) is 5.88 Å². The van der Waals surface area contributed by atoms with Crippen LogP contribution in [0.25, 0.3) is 0 Å². The first-order valence-corrected chi connectivity index (χ1v) is 6.46. The lowest BCUT2D eigenvalue weighted by Gasteiger charge is -2.07. The minimum atomic E-state index is 0.354. The Morgan fingerprint density at radius 1 is 1.22 bits per heavy atom. The Kier molecular flexibility index (Phi) is 4.16. The lowest BCUT2D eigenvalue weighted by atomic mass is 10.4. The Morgan fingerprint density at radius 3 is 2.67 bits per heavy atom. The summed E-state index contributed by atoms with van der Waals surface area (Å²) < 4.78 is 5.03. The van der Waals surface area contributed by atoms with Gasteiger partial charge in [-0.2, -0.15) is 4.98 Å². The fourth-order valence-electron chi connectivity index (χ4n) is 1.26. The van der Waals surface area contributed by atoms with Crippen LogP contribution in [0.1, 0.15) is 0 Å². The molecule has 0 aliphatic rings. The van der Waals surface area contributed by atoms with Crippen molar-refractivity contribution < 1.29 is 4.74 Å². The third-order valence-electron chi connectivity index (χ3n) is 2.11. The van der Waals surface area contributed by atoms with Crippen LogP contribution < -0.4 is 10.5 Å². The number of methoxy groups -OCH3 is 1. The molecule has 0 unspecified atom stereocenters. The lowest BCUT2D eigenvalue weighted by molar-refractivity contribution is 0.397. The zero-order chi connectivity index (χ0) is 13.1. The summed E-state index contributed by atoms with van der Waals surface area (Å²) in [7, 11) is 1.51. The summed E-state index contributed by atoms with van der Waals surface area (Å²) >= 11 is 13.2. The van der Waals surface area contributed by atoms with E-state index < -0.39 is 0 Å². The zero-order valence-electron chi connectivity index (χ0n) is 9.35. The fraction of sp³-hybridized carbons (Fsp3) is 0.0909. The molecule has 0 atom stereocenters. The smallest absolute Gasteiger partial charge is 0.241 e. The van der Waals surface area contributed by atoms with Gasteiger partial charge in [0.05, 0.1) is 17.2 Å². The molecule has 2 aromatic rings. The van der Waals surface area contributed by atoms with Crippen molar-refractivity contribution in [1.29, 1.82) is 0 Å². The van der Waals surface area contributed by atoms with Gasteiger partial charge >= 0.3 is 0 Å². The second kappa shape index (κ2) is 5.65. The molecule has 0 bridgehead atoms. The van der Waals surface area contributed by atoms with Crippen LogP contribution in [0.3, 0.4) is 0 Å². The highest BCUT2D eigenvalue weighted by atomic mass is 35.5.